The summed E-state index contributed by atoms with van der Waals surface area (Å²) < 4.78 is 2.32. The third-order valence-corrected chi connectivity index (χ3v) is 11.8. The fourth-order valence-electron chi connectivity index (χ4n) is 8.56. The topological polar surface area (TPSA) is 17.8 Å². The van der Waals surface area contributed by atoms with Crippen LogP contribution >= 0.6 is 0 Å². The molecule has 7 aromatic rings. The number of rotatable bonds is 11. The second kappa shape index (κ2) is 18.4. The molecule has 0 saturated heterocycles. The zero-order valence-corrected chi connectivity index (χ0v) is 39.4. The Morgan fingerprint density at radius 2 is 1.05 bits per heavy atom. The Labute approximate surface area is 374 Å². The fourth-order valence-corrected chi connectivity index (χ4v) is 8.56. The molecular formula is C57H63N2Rh-. The number of benzene rings is 6. The van der Waals surface area contributed by atoms with Gasteiger partial charge in [-0.25, -0.2) is 0 Å². The van der Waals surface area contributed by atoms with Gasteiger partial charge in [0.05, 0.1) is 11.5 Å². The molecule has 1 aromatic heterocycles. The summed E-state index contributed by atoms with van der Waals surface area (Å²) in [6.45, 7) is 24.8. The first-order chi connectivity index (χ1) is 28.1. The maximum Gasteiger partial charge on any atom is 0.0772 e. The van der Waals surface area contributed by atoms with E-state index in [2.05, 4.69) is 208 Å². The number of imidazole rings is 1. The van der Waals surface area contributed by atoms with Crippen LogP contribution in [0.2, 0.25) is 0 Å². The minimum absolute atomic E-state index is 0. The molecule has 311 valence electrons. The third-order valence-electron chi connectivity index (χ3n) is 11.8. The van der Waals surface area contributed by atoms with E-state index in [0.717, 1.165) is 34.6 Å². The van der Waals surface area contributed by atoms with Crippen molar-refractivity contribution in [3.05, 3.63) is 166 Å². The van der Waals surface area contributed by atoms with Crippen LogP contribution in [-0.4, -0.2) is 9.55 Å². The molecule has 0 aliphatic carbocycles. The van der Waals surface area contributed by atoms with Crippen molar-refractivity contribution in [2.24, 2.45) is 0 Å². The molecule has 6 aromatic carbocycles. The number of nitrogens with zero attached hydrogens (tertiary/aromatic N) is 2. The Morgan fingerprint density at radius 3 is 1.55 bits per heavy atom. The number of unbranched alkanes of at least 4 members (excludes halogenated alkanes) is 3. The second-order valence-electron chi connectivity index (χ2n) is 19.0. The third kappa shape index (κ3) is 10.2. The van der Waals surface area contributed by atoms with E-state index in [4.69, 9.17) is 4.98 Å². The van der Waals surface area contributed by atoms with Crippen molar-refractivity contribution >= 4 is 0 Å². The van der Waals surface area contributed by atoms with E-state index in [-0.39, 0.29) is 30.3 Å². The quantitative estimate of drug-likeness (QED) is 0.0719. The van der Waals surface area contributed by atoms with Gasteiger partial charge in [0.2, 0.25) is 0 Å². The standard InChI is InChI=1S/C57H63N2.Rh/c1-12-13-14-15-17-42-31-40(4)54(41(5)32-42)59-37-53(50-29-38(2)28-39(3)30-50)58-55(59)46-19-16-18-45(33-46)49-35-47(43-20-24-51(25-21-43)56(6,7)8)34-48(36-49)44-22-26-52(27-23-44)57(9,10)11;/h16,18,20-37H,12-15,17H2,1-11H3;/q-1;. The van der Waals surface area contributed by atoms with Gasteiger partial charge in [-0.1, -0.05) is 146 Å². The van der Waals surface area contributed by atoms with Crippen LogP contribution in [0.1, 0.15) is 113 Å². The van der Waals surface area contributed by atoms with Gasteiger partial charge in [-0.2, -0.15) is 0 Å². The largest absolute Gasteiger partial charge is 0.339 e. The minimum atomic E-state index is 0. The van der Waals surface area contributed by atoms with Gasteiger partial charge in [-0.05, 0) is 137 Å². The molecule has 7 rings (SSSR count). The van der Waals surface area contributed by atoms with E-state index in [9.17, 15) is 0 Å². The summed E-state index contributed by atoms with van der Waals surface area (Å²) in [6.07, 6.45) is 8.42. The predicted octanol–water partition coefficient (Wildman–Crippen LogP) is 16.0. The number of hydrogen-bond donors (Lipinski definition) is 0. The molecule has 60 heavy (non-hydrogen) atoms. The van der Waals surface area contributed by atoms with Gasteiger partial charge in [0.25, 0.3) is 0 Å². The SMILES string of the molecule is CCCCCCc1cc(C)c(-n2cc(-c3cc(C)cc(C)c3)nc2-c2[c-]ccc(-c3cc(-c4ccc(C(C)(C)C)cc4)cc(-c4ccc(C(C)(C)C)cc4)c3)c2)c(C)c1.[Rh]. The molecule has 2 nitrogen and oxygen atoms in total. The molecule has 0 saturated carbocycles. The molecule has 0 aliphatic heterocycles. The Bertz CT molecular complexity index is 2450. The smallest absolute Gasteiger partial charge is 0.0772 e. The van der Waals surface area contributed by atoms with Crippen molar-refractivity contribution in [1.82, 2.24) is 9.55 Å². The van der Waals surface area contributed by atoms with E-state index in [1.54, 1.807) is 0 Å². The van der Waals surface area contributed by atoms with Gasteiger partial charge >= 0.3 is 0 Å². The molecule has 0 aliphatic rings. The van der Waals surface area contributed by atoms with Gasteiger partial charge in [-0.15, -0.1) is 35.4 Å². The second-order valence-corrected chi connectivity index (χ2v) is 19.0. The van der Waals surface area contributed by atoms with E-state index < -0.39 is 0 Å². The van der Waals surface area contributed by atoms with Crippen molar-refractivity contribution in [3.8, 4) is 61.7 Å². The van der Waals surface area contributed by atoms with Crippen LogP contribution in [0.5, 0.6) is 0 Å². The molecule has 0 atom stereocenters. The van der Waals surface area contributed by atoms with E-state index in [1.165, 1.54) is 98.1 Å². The summed E-state index contributed by atoms with van der Waals surface area (Å²) in [4.78, 5) is 5.44. The molecule has 0 unspecified atom stereocenters. The number of aryl methyl sites for hydroxylation is 5. The van der Waals surface area contributed by atoms with Crippen LogP contribution in [0, 0.1) is 33.8 Å². The molecule has 0 amide bonds. The average Bonchev–Trinajstić information content (AvgIpc) is 3.63. The van der Waals surface area contributed by atoms with E-state index in [0.29, 0.717) is 0 Å². The van der Waals surface area contributed by atoms with Crippen LogP contribution in [-0.2, 0) is 36.7 Å². The van der Waals surface area contributed by atoms with Gasteiger partial charge in [0, 0.05) is 36.9 Å². The van der Waals surface area contributed by atoms with Gasteiger partial charge in [-0.3, -0.25) is 4.98 Å². The van der Waals surface area contributed by atoms with Crippen LogP contribution in [0.25, 0.3) is 61.7 Å². The monoisotopic (exact) mass is 878 g/mol. The van der Waals surface area contributed by atoms with Crippen molar-refractivity contribution in [2.75, 3.05) is 0 Å². The summed E-state index contributed by atoms with van der Waals surface area (Å²) >= 11 is 0. The van der Waals surface area contributed by atoms with Crippen molar-refractivity contribution in [2.45, 2.75) is 119 Å². The Hall–Kier alpha value is -4.85. The Morgan fingerprint density at radius 1 is 0.533 bits per heavy atom. The Balaban J connectivity index is 0.00000604. The minimum Gasteiger partial charge on any atom is -0.339 e. The van der Waals surface area contributed by atoms with Gasteiger partial charge in [0.1, 0.15) is 0 Å². The molecule has 0 bridgehead atoms. The molecule has 0 N–H and O–H groups in total. The summed E-state index contributed by atoms with van der Waals surface area (Å²) in [7, 11) is 0. The van der Waals surface area contributed by atoms with Crippen LogP contribution in [0.15, 0.2) is 121 Å². The zero-order valence-electron chi connectivity index (χ0n) is 37.8. The van der Waals surface area contributed by atoms with Crippen LogP contribution < -0.4 is 0 Å². The first-order valence-electron chi connectivity index (χ1n) is 21.8. The first-order valence-corrected chi connectivity index (χ1v) is 21.8. The van der Waals surface area contributed by atoms with Crippen molar-refractivity contribution < 1.29 is 19.5 Å². The van der Waals surface area contributed by atoms with Gasteiger partial charge < -0.3 is 4.57 Å². The molecule has 1 heterocycles. The average molecular weight is 879 g/mol. The fraction of sp³-hybridized carbons (Fsp3) is 0.316. The number of aromatic nitrogens is 2. The summed E-state index contributed by atoms with van der Waals surface area (Å²) in [6, 6.07) is 47.0. The summed E-state index contributed by atoms with van der Waals surface area (Å²) in [5.74, 6) is 0.898. The van der Waals surface area contributed by atoms with E-state index in [1.807, 2.05) is 0 Å². The molecule has 0 fully saturated rings. The molecule has 1 radical (unpaired) electrons. The maximum absolute atomic E-state index is 5.44. The molecule has 3 heteroatoms. The first kappa shape index (κ1) is 44.7. The maximum atomic E-state index is 5.44. The predicted molar refractivity (Wildman–Crippen MR) is 254 cm³/mol. The Kier molecular flexibility index (Phi) is 13.7. The summed E-state index contributed by atoms with van der Waals surface area (Å²) in [5.41, 5.74) is 20.7. The van der Waals surface area contributed by atoms with E-state index >= 15 is 0 Å². The van der Waals surface area contributed by atoms with Crippen molar-refractivity contribution in [3.63, 3.8) is 0 Å². The van der Waals surface area contributed by atoms with Crippen LogP contribution in [0.3, 0.4) is 0 Å². The molecule has 0 spiro atoms. The molecular weight excluding hydrogens is 816 g/mol. The normalized spacial score (nSPS) is 11.8. The zero-order chi connectivity index (χ0) is 42.1. The number of hydrogen-bond acceptors (Lipinski definition) is 1. The summed E-state index contributed by atoms with van der Waals surface area (Å²) in [5, 5.41) is 0. The van der Waals surface area contributed by atoms with Crippen LogP contribution in [0.4, 0.5) is 0 Å². The van der Waals surface area contributed by atoms with Gasteiger partial charge in [0.15, 0.2) is 0 Å². The van der Waals surface area contributed by atoms with Crippen molar-refractivity contribution in [1.29, 1.82) is 0 Å².